The summed E-state index contributed by atoms with van der Waals surface area (Å²) in [6.45, 7) is 4.08. The summed E-state index contributed by atoms with van der Waals surface area (Å²) in [6.07, 6.45) is 3.32. The van der Waals surface area contributed by atoms with Crippen molar-refractivity contribution in [1.82, 2.24) is 15.1 Å². The number of rotatable bonds is 4. The second kappa shape index (κ2) is 6.03. The van der Waals surface area contributed by atoms with Crippen molar-refractivity contribution in [2.45, 2.75) is 37.8 Å². The first kappa shape index (κ1) is 16.7. The fourth-order valence-electron chi connectivity index (χ4n) is 3.13. The Labute approximate surface area is 140 Å². The van der Waals surface area contributed by atoms with Gasteiger partial charge in [-0.2, -0.15) is 5.10 Å². The zero-order valence-electron chi connectivity index (χ0n) is 13.6. The Bertz CT molecular complexity index is 888. The Morgan fingerprint density at radius 1 is 1.46 bits per heavy atom. The number of hydrogen-bond donors (Lipinski definition) is 2. The van der Waals surface area contributed by atoms with Crippen LogP contribution in [0.1, 0.15) is 29.7 Å². The second-order valence-corrected chi connectivity index (χ2v) is 7.91. The normalized spacial score (nSPS) is 20.0. The topological polar surface area (TPSA) is 107 Å². The Balaban J connectivity index is 1.72. The fraction of sp³-hybridized carbons (Fsp3) is 0.375. The number of primary sulfonamides is 1. The van der Waals surface area contributed by atoms with Gasteiger partial charge in [0.15, 0.2) is 0 Å². The zero-order valence-corrected chi connectivity index (χ0v) is 14.4. The van der Waals surface area contributed by atoms with E-state index in [1.165, 1.54) is 16.4 Å². The molecule has 1 aromatic heterocycles. The van der Waals surface area contributed by atoms with Gasteiger partial charge in [0, 0.05) is 6.20 Å². The number of fused-ring (bicyclic) bond motifs is 1. The SMILES string of the molecule is Cc1ccc2c(c1)C(NC(=O)Cn1cc(S(N)(=O)=O)cn1)C(C)C2. The van der Waals surface area contributed by atoms with Crippen molar-refractivity contribution in [3.63, 3.8) is 0 Å². The predicted octanol–water partition coefficient (Wildman–Crippen LogP) is 0.889. The molecule has 7 nitrogen and oxygen atoms in total. The van der Waals surface area contributed by atoms with Gasteiger partial charge in [0.2, 0.25) is 15.9 Å². The van der Waals surface area contributed by atoms with E-state index in [4.69, 9.17) is 5.14 Å². The summed E-state index contributed by atoms with van der Waals surface area (Å²) < 4.78 is 23.8. The van der Waals surface area contributed by atoms with E-state index in [0.717, 1.165) is 23.7 Å². The molecule has 1 aliphatic rings. The van der Waals surface area contributed by atoms with Crippen molar-refractivity contribution in [3.8, 4) is 0 Å². The zero-order chi connectivity index (χ0) is 17.5. The highest BCUT2D eigenvalue weighted by atomic mass is 32.2. The van der Waals surface area contributed by atoms with Crippen LogP contribution >= 0.6 is 0 Å². The lowest BCUT2D eigenvalue weighted by atomic mass is 10.0. The molecule has 2 atom stereocenters. The summed E-state index contributed by atoms with van der Waals surface area (Å²) in [7, 11) is -3.81. The predicted molar refractivity (Wildman–Crippen MR) is 88.5 cm³/mol. The largest absolute Gasteiger partial charge is 0.347 e. The number of carbonyl (C=O) groups is 1. The van der Waals surface area contributed by atoms with Crippen LogP contribution in [0.4, 0.5) is 0 Å². The number of carbonyl (C=O) groups excluding carboxylic acids is 1. The average Bonchev–Trinajstić information content (AvgIpc) is 3.05. The Morgan fingerprint density at radius 3 is 2.88 bits per heavy atom. The van der Waals surface area contributed by atoms with E-state index in [-0.39, 0.29) is 23.4 Å². The van der Waals surface area contributed by atoms with Crippen LogP contribution in [0.2, 0.25) is 0 Å². The van der Waals surface area contributed by atoms with Gasteiger partial charge in [0.25, 0.3) is 0 Å². The number of benzene rings is 1. The van der Waals surface area contributed by atoms with Crippen molar-refractivity contribution < 1.29 is 13.2 Å². The Kier molecular flexibility index (Phi) is 4.18. The highest BCUT2D eigenvalue weighted by Crippen LogP contribution is 2.36. The molecule has 0 saturated carbocycles. The molecule has 0 spiro atoms. The van der Waals surface area contributed by atoms with Gasteiger partial charge in [-0.3, -0.25) is 9.48 Å². The third-order valence-electron chi connectivity index (χ3n) is 4.31. The van der Waals surface area contributed by atoms with Crippen LogP contribution in [0.25, 0.3) is 0 Å². The molecule has 1 aromatic carbocycles. The van der Waals surface area contributed by atoms with E-state index >= 15 is 0 Å². The van der Waals surface area contributed by atoms with Gasteiger partial charge < -0.3 is 5.32 Å². The number of hydrogen-bond acceptors (Lipinski definition) is 4. The van der Waals surface area contributed by atoms with Gasteiger partial charge in [-0.1, -0.05) is 30.7 Å². The minimum absolute atomic E-state index is 0.0410. The minimum Gasteiger partial charge on any atom is -0.347 e. The number of nitrogens with two attached hydrogens (primary N) is 1. The molecule has 1 amide bonds. The maximum Gasteiger partial charge on any atom is 0.242 e. The molecule has 0 fully saturated rings. The summed E-state index contributed by atoms with van der Waals surface area (Å²) >= 11 is 0. The molecule has 0 aliphatic heterocycles. The summed E-state index contributed by atoms with van der Waals surface area (Å²) in [5.74, 6) is 0.0913. The lowest BCUT2D eigenvalue weighted by Gasteiger charge is -2.19. The number of nitrogens with zero attached hydrogens (tertiary/aromatic N) is 2. The first-order valence-electron chi connectivity index (χ1n) is 7.68. The maximum absolute atomic E-state index is 12.3. The third kappa shape index (κ3) is 3.34. The molecule has 2 unspecified atom stereocenters. The van der Waals surface area contributed by atoms with Gasteiger partial charge in [0.1, 0.15) is 11.4 Å². The molecule has 0 bridgehead atoms. The maximum atomic E-state index is 12.3. The summed E-state index contributed by atoms with van der Waals surface area (Å²) in [5, 5.41) is 11.9. The van der Waals surface area contributed by atoms with E-state index in [1.54, 1.807) is 0 Å². The number of aromatic nitrogens is 2. The molecule has 1 aliphatic carbocycles. The van der Waals surface area contributed by atoms with E-state index in [0.29, 0.717) is 5.92 Å². The highest BCUT2D eigenvalue weighted by Gasteiger charge is 2.30. The summed E-state index contributed by atoms with van der Waals surface area (Å²) in [5.41, 5.74) is 3.57. The lowest BCUT2D eigenvalue weighted by Crippen LogP contribution is -2.33. The molecule has 128 valence electrons. The van der Waals surface area contributed by atoms with Crippen LogP contribution in [-0.2, 0) is 27.8 Å². The number of amides is 1. The monoisotopic (exact) mass is 348 g/mol. The smallest absolute Gasteiger partial charge is 0.242 e. The standard InChI is InChI=1S/C16H20N4O3S/c1-10-3-4-12-6-11(2)16(14(12)5-10)19-15(21)9-20-8-13(7-18-20)24(17,22)23/h3-5,7-8,11,16H,6,9H2,1-2H3,(H,19,21)(H2,17,22,23). The number of aryl methyl sites for hydroxylation is 1. The highest BCUT2D eigenvalue weighted by molar-refractivity contribution is 7.89. The van der Waals surface area contributed by atoms with Gasteiger partial charge in [0.05, 0.1) is 12.2 Å². The molecule has 3 N–H and O–H groups in total. The van der Waals surface area contributed by atoms with Crippen LogP contribution in [0.5, 0.6) is 0 Å². The molecule has 2 aromatic rings. The Hall–Kier alpha value is -2.19. The van der Waals surface area contributed by atoms with Gasteiger partial charge in [-0.25, -0.2) is 13.6 Å². The molecule has 8 heteroatoms. The third-order valence-corrected chi connectivity index (χ3v) is 5.18. The fourth-order valence-corrected chi connectivity index (χ4v) is 3.59. The molecule has 3 rings (SSSR count). The molecule has 24 heavy (non-hydrogen) atoms. The first-order valence-corrected chi connectivity index (χ1v) is 9.23. The number of sulfonamides is 1. The van der Waals surface area contributed by atoms with Crippen LogP contribution < -0.4 is 10.5 Å². The van der Waals surface area contributed by atoms with Gasteiger partial charge in [-0.15, -0.1) is 0 Å². The summed E-state index contributed by atoms with van der Waals surface area (Å²) in [6, 6.07) is 6.25. The average molecular weight is 348 g/mol. The van der Waals surface area contributed by atoms with Crippen LogP contribution in [0.3, 0.4) is 0 Å². The lowest BCUT2D eigenvalue weighted by molar-refractivity contribution is -0.122. The quantitative estimate of drug-likeness (QED) is 0.855. The molecular weight excluding hydrogens is 328 g/mol. The molecule has 0 saturated heterocycles. The van der Waals surface area contributed by atoms with Gasteiger partial charge in [-0.05, 0) is 30.4 Å². The summed E-state index contributed by atoms with van der Waals surface area (Å²) in [4.78, 5) is 12.2. The Morgan fingerprint density at radius 2 is 2.21 bits per heavy atom. The van der Waals surface area contributed by atoms with Crippen LogP contribution in [0, 0.1) is 12.8 Å². The van der Waals surface area contributed by atoms with Crippen molar-refractivity contribution in [3.05, 3.63) is 47.3 Å². The van der Waals surface area contributed by atoms with Crippen molar-refractivity contribution >= 4 is 15.9 Å². The molecular formula is C16H20N4O3S. The van der Waals surface area contributed by atoms with Crippen molar-refractivity contribution in [1.29, 1.82) is 0 Å². The van der Waals surface area contributed by atoms with Crippen LogP contribution in [-0.4, -0.2) is 24.1 Å². The van der Waals surface area contributed by atoms with Crippen LogP contribution in [0.15, 0.2) is 35.5 Å². The number of nitrogens with one attached hydrogen (secondary N) is 1. The van der Waals surface area contributed by atoms with Gasteiger partial charge >= 0.3 is 0 Å². The van der Waals surface area contributed by atoms with Crippen molar-refractivity contribution in [2.75, 3.05) is 0 Å². The van der Waals surface area contributed by atoms with Crippen molar-refractivity contribution in [2.24, 2.45) is 11.1 Å². The van der Waals surface area contributed by atoms with E-state index in [2.05, 4.69) is 35.5 Å². The van der Waals surface area contributed by atoms with E-state index < -0.39 is 10.0 Å². The molecule has 1 heterocycles. The minimum atomic E-state index is -3.81. The van der Waals surface area contributed by atoms with E-state index in [9.17, 15) is 13.2 Å². The second-order valence-electron chi connectivity index (χ2n) is 6.35. The van der Waals surface area contributed by atoms with E-state index in [1.807, 2.05) is 6.92 Å². The molecule has 0 radical (unpaired) electrons. The first-order chi connectivity index (χ1) is 11.2.